The number of carbonyl (C=O) groups excluding carboxylic acids is 1. The number of aliphatic imine (C=N–C) groups is 1. The van der Waals surface area contributed by atoms with E-state index in [0.717, 1.165) is 5.56 Å². The molecule has 6 nitrogen and oxygen atoms in total. The number of carbonyl (C=O) groups is 1. The van der Waals surface area contributed by atoms with Crippen LogP contribution in [-0.2, 0) is 22.7 Å². The Labute approximate surface area is 164 Å². The average molecular weight is 402 g/mol. The number of rotatable bonds is 9. The summed E-state index contributed by atoms with van der Waals surface area (Å²) in [5.74, 6) is 0.872. The highest BCUT2D eigenvalue weighted by Crippen LogP contribution is 2.16. The molecule has 0 atom stereocenters. The zero-order valence-electron chi connectivity index (χ0n) is 16.8. The van der Waals surface area contributed by atoms with Gasteiger partial charge < -0.3 is 20.3 Å². The minimum atomic E-state index is -4.32. The van der Waals surface area contributed by atoms with Crippen molar-refractivity contribution in [2.45, 2.75) is 33.2 Å². The number of nitrogens with zero attached hydrogens (tertiary/aromatic N) is 2. The Balaban J connectivity index is 2.61. The maximum absolute atomic E-state index is 12.1. The van der Waals surface area contributed by atoms with Crippen molar-refractivity contribution in [3.63, 3.8) is 0 Å². The molecule has 0 aromatic heterocycles. The van der Waals surface area contributed by atoms with Crippen molar-refractivity contribution >= 4 is 11.9 Å². The molecular weight excluding hydrogens is 373 g/mol. The maximum Gasteiger partial charge on any atom is 0.411 e. The van der Waals surface area contributed by atoms with E-state index in [4.69, 9.17) is 0 Å². The summed E-state index contributed by atoms with van der Waals surface area (Å²) in [6.45, 7) is 3.97. The predicted molar refractivity (Wildman–Crippen MR) is 103 cm³/mol. The van der Waals surface area contributed by atoms with Gasteiger partial charge in [0.15, 0.2) is 5.96 Å². The highest BCUT2D eigenvalue weighted by Gasteiger charge is 2.27. The molecule has 0 saturated carbocycles. The number of halogens is 3. The number of hydrogen-bond donors (Lipinski definition) is 2. The summed E-state index contributed by atoms with van der Waals surface area (Å²) in [6.07, 6.45) is -4.32. The lowest BCUT2D eigenvalue weighted by Crippen LogP contribution is -2.44. The molecule has 2 N–H and O–H groups in total. The van der Waals surface area contributed by atoms with Gasteiger partial charge in [0.1, 0.15) is 6.61 Å². The van der Waals surface area contributed by atoms with Crippen LogP contribution >= 0.6 is 0 Å². The fourth-order valence-electron chi connectivity index (χ4n) is 1.99. The molecule has 0 aliphatic heterocycles. The van der Waals surface area contributed by atoms with Crippen molar-refractivity contribution < 1.29 is 22.7 Å². The monoisotopic (exact) mass is 402 g/mol. The van der Waals surface area contributed by atoms with Crippen molar-refractivity contribution in [1.82, 2.24) is 15.5 Å². The third-order valence-corrected chi connectivity index (χ3v) is 3.56. The van der Waals surface area contributed by atoms with Crippen LogP contribution in [0.2, 0.25) is 0 Å². The summed E-state index contributed by atoms with van der Waals surface area (Å²) in [7, 11) is 3.37. The van der Waals surface area contributed by atoms with Crippen LogP contribution in [0.3, 0.4) is 0 Å². The summed E-state index contributed by atoms with van der Waals surface area (Å²) in [5, 5.41) is 6.18. The summed E-state index contributed by atoms with van der Waals surface area (Å²) in [6, 6.07) is 7.01. The largest absolute Gasteiger partial charge is 0.411 e. The van der Waals surface area contributed by atoms with E-state index in [1.54, 1.807) is 38.4 Å². The Kier molecular flexibility index (Phi) is 9.78. The number of guanidine groups is 1. The smallest absolute Gasteiger partial charge is 0.367 e. The van der Waals surface area contributed by atoms with Crippen LogP contribution in [0.5, 0.6) is 0 Å². The number of ether oxygens (including phenoxy) is 1. The molecule has 0 unspecified atom stereocenters. The molecule has 158 valence electrons. The molecular formula is C19H29F3N4O2. The number of likely N-dealkylation sites (N-methyl/N-ethyl adjacent to an activating group) is 1. The number of hydrogen-bond acceptors (Lipinski definition) is 3. The highest BCUT2D eigenvalue weighted by atomic mass is 19.4. The van der Waals surface area contributed by atoms with E-state index in [0.29, 0.717) is 30.5 Å². The summed E-state index contributed by atoms with van der Waals surface area (Å²) < 4.78 is 40.9. The molecule has 1 rings (SSSR count). The average Bonchev–Trinajstić information content (AvgIpc) is 2.60. The van der Waals surface area contributed by atoms with Gasteiger partial charge in [-0.1, -0.05) is 38.1 Å². The number of alkyl halides is 3. The topological polar surface area (TPSA) is 66.0 Å². The Morgan fingerprint density at radius 2 is 1.75 bits per heavy atom. The number of nitrogens with one attached hydrogen (secondary N) is 2. The third kappa shape index (κ3) is 10.8. The van der Waals surface area contributed by atoms with Gasteiger partial charge in [-0.25, -0.2) is 4.99 Å². The van der Waals surface area contributed by atoms with Crippen molar-refractivity contribution in [3.05, 3.63) is 35.4 Å². The van der Waals surface area contributed by atoms with E-state index in [1.807, 2.05) is 0 Å². The van der Waals surface area contributed by atoms with E-state index in [9.17, 15) is 18.0 Å². The van der Waals surface area contributed by atoms with Crippen LogP contribution in [0.15, 0.2) is 29.3 Å². The molecule has 0 heterocycles. The second kappa shape index (κ2) is 11.5. The Hall–Kier alpha value is -2.29. The zero-order chi connectivity index (χ0) is 21.2. The fraction of sp³-hybridized carbons (Fsp3) is 0.579. The van der Waals surface area contributed by atoms with Crippen LogP contribution < -0.4 is 10.6 Å². The lowest BCUT2D eigenvalue weighted by molar-refractivity contribution is -0.176. The first-order valence-corrected chi connectivity index (χ1v) is 9.01. The minimum Gasteiger partial charge on any atom is -0.367 e. The van der Waals surface area contributed by atoms with Gasteiger partial charge in [0.05, 0.1) is 19.7 Å². The Morgan fingerprint density at radius 1 is 1.14 bits per heavy atom. The second-order valence-corrected chi connectivity index (χ2v) is 7.01. The molecule has 1 amide bonds. The molecule has 28 heavy (non-hydrogen) atoms. The number of benzene rings is 1. The van der Waals surface area contributed by atoms with Gasteiger partial charge in [-0.15, -0.1) is 0 Å². The van der Waals surface area contributed by atoms with Crippen LogP contribution in [0, 0.1) is 5.92 Å². The molecule has 0 fully saturated rings. The van der Waals surface area contributed by atoms with Crippen LogP contribution in [-0.4, -0.2) is 56.7 Å². The van der Waals surface area contributed by atoms with Gasteiger partial charge in [0, 0.05) is 20.6 Å². The van der Waals surface area contributed by atoms with E-state index < -0.39 is 12.8 Å². The van der Waals surface area contributed by atoms with E-state index in [1.165, 1.54) is 4.90 Å². The first-order valence-electron chi connectivity index (χ1n) is 9.01. The normalized spacial score (nSPS) is 12.2. The lowest BCUT2D eigenvalue weighted by atomic mass is 10.1. The van der Waals surface area contributed by atoms with Crippen molar-refractivity contribution in [2.24, 2.45) is 10.9 Å². The minimum absolute atomic E-state index is 0.0674. The van der Waals surface area contributed by atoms with Gasteiger partial charge >= 0.3 is 6.18 Å². The van der Waals surface area contributed by atoms with Crippen LogP contribution in [0.4, 0.5) is 13.2 Å². The molecule has 1 aromatic carbocycles. The number of amides is 1. The summed E-state index contributed by atoms with van der Waals surface area (Å²) in [5.41, 5.74) is 1.55. The van der Waals surface area contributed by atoms with Crippen molar-refractivity contribution in [2.75, 3.05) is 33.8 Å². The molecule has 0 saturated heterocycles. The quantitative estimate of drug-likeness (QED) is 0.492. The Morgan fingerprint density at radius 3 is 2.29 bits per heavy atom. The maximum atomic E-state index is 12.1. The van der Waals surface area contributed by atoms with Gasteiger partial charge in [0.2, 0.25) is 5.91 Å². The van der Waals surface area contributed by atoms with Crippen molar-refractivity contribution in [3.8, 4) is 0 Å². The summed E-state index contributed by atoms with van der Waals surface area (Å²) >= 11 is 0. The van der Waals surface area contributed by atoms with Gasteiger partial charge in [0.25, 0.3) is 0 Å². The van der Waals surface area contributed by atoms with E-state index in [-0.39, 0.29) is 19.1 Å². The second-order valence-electron chi connectivity index (χ2n) is 7.01. The van der Waals surface area contributed by atoms with Crippen LogP contribution in [0.25, 0.3) is 0 Å². The molecule has 0 bridgehead atoms. The van der Waals surface area contributed by atoms with Gasteiger partial charge in [-0.2, -0.15) is 13.2 Å². The van der Waals surface area contributed by atoms with Crippen molar-refractivity contribution in [1.29, 1.82) is 0 Å². The Bertz CT molecular complexity index is 629. The highest BCUT2D eigenvalue weighted by molar-refractivity contribution is 5.86. The SMILES string of the molecule is CC(C)CNC(=NCc1ccc(COCC(F)(F)F)cc1)NCC(=O)N(C)C. The third-order valence-electron chi connectivity index (χ3n) is 3.56. The molecule has 0 aliphatic carbocycles. The standard InChI is InChI=1S/C19H29F3N4O2/c1-14(2)9-23-18(25-11-17(27)26(3)4)24-10-15-5-7-16(8-6-15)12-28-13-19(20,21)22/h5-8,14H,9-13H2,1-4H3,(H2,23,24,25). The molecule has 0 radical (unpaired) electrons. The predicted octanol–water partition coefficient (Wildman–Crippen LogP) is 2.54. The zero-order valence-corrected chi connectivity index (χ0v) is 16.8. The van der Waals surface area contributed by atoms with Crippen LogP contribution in [0.1, 0.15) is 25.0 Å². The summed E-state index contributed by atoms with van der Waals surface area (Å²) in [4.78, 5) is 17.7. The molecule has 0 aliphatic rings. The molecule has 1 aromatic rings. The molecule has 9 heteroatoms. The first-order chi connectivity index (χ1) is 13.1. The van der Waals surface area contributed by atoms with Gasteiger partial charge in [-0.3, -0.25) is 4.79 Å². The molecule has 0 spiro atoms. The fourth-order valence-corrected chi connectivity index (χ4v) is 1.99. The lowest BCUT2D eigenvalue weighted by Gasteiger charge is -2.16. The van der Waals surface area contributed by atoms with Gasteiger partial charge in [-0.05, 0) is 17.0 Å². The van der Waals surface area contributed by atoms with E-state index in [2.05, 4.69) is 34.2 Å². The van der Waals surface area contributed by atoms with E-state index >= 15 is 0 Å². The first kappa shape index (κ1) is 23.7.